The van der Waals surface area contributed by atoms with Crippen molar-refractivity contribution in [2.24, 2.45) is 0 Å². The van der Waals surface area contributed by atoms with E-state index in [9.17, 15) is 4.79 Å². The minimum Gasteiger partial charge on any atom is -0.497 e. The molecule has 0 heterocycles. The second-order valence-corrected chi connectivity index (χ2v) is 3.57. The van der Waals surface area contributed by atoms with Crippen LogP contribution in [0.5, 0.6) is 5.75 Å². The van der Waals surface area contributed by atoms with Gasteiger partial charge in [-0.15, -0.1) is 0 Å². The number of carbonyl (C=O) groups excluding carboxylic acids is 1. The summed E-state index contributed by atoms with van der Waals surface area (Å²) in [5.74, 6) is 0.981. The standard InChI is InChI=1S/C14H18O2/c1-4-6-7-11-10-12(16-3)8-9-13(11)14(15)5-2/h4,6,8-10H,5,7H2,1-3H3. The highest BCUT2D eigenvalue weighted by molar-refractivity contribution is 5.97. The van der Waals surface area contributed by atoms with Crippen molar-refractivity contribution in [3.8, 4) is 5.75 Å². The second-order valence-electron chi connectivity index (χ2n) is 3.57. The maximum Gasteiger partial charge on any atom is 0.162 e. The number of hydrogen-bond donors (Lipinski definition) is 0. The fourth-order valence-electron chi connectivity index (χ4n) is 1.57. The van der Waals surface area contributed by atoms with Crippen molar-refractivity contribution in [3.05, 3.63) is 41.5 Å². The number of methoxy groups -OCH3 is 1. The number of carbonyl (C=O) groups is 1. The zero-order valence-corrected chi connectivity index (χ0v) is 10.1. The fourth-order valence-corrected chi connectivity index (χ4v) is 1.57. The normalized spacial score (nSPS) is 10.7. The van der Waals surface area contributed by atoms with Gasteiger partial charge in [0.25, 0.3) is 0 Å². The van der Waals surface area contributed by atoms with E-state index in [-0.39, 0.29) is 5.78 Å². The Morgan fingerprint density at radius 3 is 2.75 bits per heavy atom. The number of ketones is 1. The smallest absolute Gasteiger partial charge is 0.162 e. The summed E-state index contributed by atoms with van der Waals surface area (Å²) in [6.45, 7) is 3.85. The number of ether oxygens (including phenoxy) is 1. The minimum absolute atomic E-state index is 0.183. The zero-order valence-electron chi connectivity index (χ0n) is 10.1. The molecule has 0 aliphatic heterocycles. The third kappa shape index (κ3) is 2.96. The van der Waals surface area contributed by atoms with Gasteiger partial charge >= 0.3 is 0 Å². The third-order valence-corrected chi connectivity index (χ3v) is 2.51. The molecule has 0 bridgehead atoms. The molecule has 0 saturated heterocycles. The van der Waals surface area contributed by atoms with E-state index in [0.717, 1.165) is 23.3 Å². The van der Waals surface area contributed by atoms with Crippen LogP contribution in [-0.2, 0) is 6.42 Å². The third-order valence-electron chi connectivity index (χ3n) is 2.51. The molecule has 0 radical (unpaired) electrons. The predicted molar refractivity (Wildman–Crippen MR) is 66.1 cm³/mol. The Hall–Kier alpha value is -1.57. The minimum atomic E-state index is 0.183. The van der Waals surface area contributed by atoms with E-state index < -0.39 is 0 Å². The van der Waals surface area contributed by atoms with E-state index >= 15 is 0 Å². The van der Waals surface area contributed by atoms with Crippen LogP contribution in [0.25, 0.3) is 0 Å². The van der Waals surface area contributed by atoms with Gasteiger partial charge in [-0.1, -0.05) is 19.1 Å². The highest BCUT2D eigenvalue weighted by atomic mass is 16.5. The maximum atomic E-state index is 11.7. The molecule has 0 saturated carbocycles. The molecular weight excluding hydrogens is 200 g/mol. The van der Waals surface area contributed by atoms with Gasteiger partial charge in [0.2, 0.25) is 0 Å². The summed E-state index contributed by atoms with van der Waals surface area (Å²) in [6.07, 6.45) is 5.34. The predicted octanol–water partition coefficient (Wildman–Crippen LogP) is 3.41. The highest BCUT2D eigenvalue weighted by Crippen LogP contribution is 2.20. The molecule has 0 atom stereocenters. The Morgan fingerprint density at radius 2 is 2.19 bits per heavy atom. The van der Waals surface area contributed by atoms with Crippen molar-refractivity contribution in [1.29, 1.82) is 0 Å². The SMILES string of the molecule is CC=CCc1cc(OC)ccc1C(=O)CC. The lowest BCUT2D eigenvalue weighted by Gasteiger charge is -2.08. The van der Waals surface area contributed by atoms with Crippen LogP contribution in [0.1, 0.15) is 36.2 Å². The average molecular weight is 218 g/mol. The molecule has 0 unspecified atom stereocenters. The first-order chi connectivity index (χ1) is 7.72. The van der Waals surface area contributed by atoms with Crippen molar-refractivity contribution in [1.82, 2.24) is 0 Å². The van der Waals surface area contributed by atoms with Crippen LogP contribution < -0.4 is 4.74 Å². The van der Waals surface area contributed by atoms with E-state index in [1.54, 1.807) is 7.11 Å². The molecule has 2 heteroatoms. The topological polar surface area (TPSA) is 26.3 Å². The first-order valence-corrected chi connectivity index (χ1v) is 5.54. The van der Waals surface area contributed by atoms with Gasteiger partial charge in [0.15, 0.2) is 5.78 Å². The molecule has 0 fully saturated rings. The first kappa shape index (κ1) is 12.5. The monoisotopic (exact) mass is 218 g/mol. The van der Waals surface area contributed by atoms with Crippen molar-refractivity contribution in [2.75, 3.05) is 7.11 Å². The van der Waals surface area contributed by atoms with Crippen LogP contribution in [0.4, 0.5) is 0 Å². The number of rotatable bonds is 5. The van der Waals surface area contributed by atoms with E-state index in [4.69, 9.17) is 4.74 Å². The van der Waals surface area contributed by atoms with Gasteiger partial charge in [-0.3, -0.25) is 4.79 Å². The van der Waals surface area contributed by atoms with Crippen LogP contribution in [0.2, 0.25) is 0 Å². The molecule has 0 aromatic heterocycles. The van der Waals surface area contributed by atoms with E-state index in [1.165, 1.54) is 0 Å². The molecule has 0 aliphatic rings. The van der Waals surface area contributed by atoms with Gasteiger partial charge in [0.1, 0.15) is 5.75 Å². The van der Waals surface area contributed by atoms with E-state index in [2.05, 4.69) is 0 Å². The molecule has 0 spiro atoms. The van der Waals surface area contributed by atoms with Gasteiger partial charge in [-0.2, -0.15) is 0 Å². The van der Waals surface area contributed by atoms with Gasteiger partial charge in [-0.05, 0) is 37.1 Å². The quantitative estimate of drug-likeness (QED) is 0.559. The summed E-state index contributed by atoms with van der Waals surface area (Å²) in [5.41, 5.74) is 1.84. The molecule has 2 nitrogen and oxygen atoms in total. The Balaban J connectivity index is 3.10. The average Bonchev–Trinajstić information content (AvgIpc) is 2.34. The summed E-state index contributed by atoms with van der Waals surface area (Å²) in [7, 11) is 1.64. The summed E-state index contributed by atoms with van der Waals surface area (Å²) < 4.78 is 5.17. The van der Waals surface area contributed by atoms with Crippen molar-refractivity contribution in [2.45, 2.75) is 26.7 Å². The molecule has 1 aromatic carbocycles. The van der Waals surface area contributed by atoms with E-state index in [1.807, 2.05) is 44.2 Å². The first-order valence-electron chi connectivity index (χ1n) is 5.54. The van der Waals surface area contributed by atoms with Crippen LogP contribution in [0.3, 0.4) is 0 Å². The summed E-state index contributed by atoms with van der Waals surface area (Å²) >= 11 is 0. The Morgan fingerprint density at radius 1 is 1.44 bits per heavy atom. The van der Waals surface area contributed by atoms with Gasteiger partial charge < -0.3 is 4.74 Å². The Labute approximate surface area is 96.9 Å². The molecular formula is C14H18O2. The number of Topliss-reactive ketones (excluding diaryl/α,β-unsaturated/α-hetero) is 1. The number of allylic oxidation sites excluding steroid dienone is 2. The summed E-state index contributed by atoms with van der Waals surface area (Å²) in [6, 6.07) is 5.62. The summed E-state index contributed by atoms with van der Waals surface area (Å²) in [5, 5.41) is 0. The largest absolute Gasteiger partial charge is 0.497 e. The molecule has 86 valence electrons. The lowest BCUT2D eigenvalue weighted by molar-refractivity contribution is 0.0987. The molecule has 0 amide bonds. The molecule has 0 aliphatic carbocycles. The maximum absolute atomic E-state index is 11.7. The molecule has 0 N–H and O–H groups in total. The van der Waals surface area contributed by atoms with Crippen LogP contribution in [0.15, 0.2) is 30.4 Å². The Kier molecular flexibility index (Phi) is 4.77. The van der Waals surface area contributed by atoms with Gasteiger partial charge in [-0.25, -0.2) is 0 Å². The summed E-state index contributed by atoms with van der Waals surface area (Å²) in [4.78, 5) is 11.7. The Bertz CT molecular complexity index is 392. The zero-order chi connectivity index (χ0) is 12.0. The number of benzene rings is 1. The van der Waals surface area contributed by atoms with Crippen LogP contribution >= 0.6 is 0 Å². The van der Waals surface area contributed by atoms with Gasteiger partial charge in [0, 0.05) is 12.0 Å². The lowest BCUT2D eigenvalue weighted by atomic mass is 9.99. The van der Waals surface area contributed by atoms with Crippen molar-refractivity contribution >= 4 is 5.78 Å². The van der Waals surface area contributed by atoms with Crippen LogP contribution in [0, 0.1) is 0 Å². The van der Waals surface area contributed by atoms with E-state index in [0.29, 0.717) is 6.42 Å². The van der Waals surface area contributed by atoms with Crippen LogP contribution in [-0.4, -0.2) is 12.9 Å². The lowest BCUT2D eigenvalue weighted by Crippen LogP contribution is -2.02. The molecule has 1 rings (SSSR count). The molecule has 1 aromatic rings. The van der Waals surface area contributed by atoms with Crippen molar-refractivity contribution in [3.63, 3.8) is 0 Å². The molecule has 16 heavy (non-hydrogen) atoms. The fraction of sp³-hybridized carbons (Fsp3) is 0.357. The number of hydrogen-bond acceptors (Lipinski definition) is 2. The second kappa shape index (κ2) is 6.11. The highest BCUT2D eigenvalue weighted by Gasteiger charge is 2.09. The van der Waals surface area contributed by atoms with Gasteiger partial charge in [0.05, 0.1) is 7.11 Å². The van der Waals surface area contributed by atoms with Crippen molar-refractivity contribution < 1.29 is 9.53 Å².